The van der Waals surface area contributed by atoms with E-state index in [1.807, 2.05) is 12.1 Å². The number of likely N-dealkylation sites (tertiary alicyclic amines) is 1. The Bertz CT molecular complexity index is 661. The van der Waals surface area contributed by atoms with Gasteiger partial charge >= 0.3 is 0 Å². The Kier molecular flexibility index (Phi) is 5.57. The van der Waals surface area contributed by atoms with E-state index in [0.29, 0.717) is 17.6 Å². The maximum atomic E-state index is 13.9. The molecule has 0 N–H and O–H groups in total. The minimum absolute atomic E-state index is 0.140. The number of piperidine rings is 1. The fraction of sp³-hybridized carbons (Fsp3) is 0.600. The molecular formula is C20H26FN3O. The van der Waals surface area contributed by atoms with Crippen LogP contribution < -0.4 is 4.90 Å². The van der Waals surface area contributed by atoms with E-state index >= 15 is 0 Å². The molecule has 2 fully saturated rings. The summed E-state index contributed by atoms with van der Waals surface area (Å²) in [6.07, 6.45) is 6.55. The number of hydrogen-bond donors (Lipinski definition) is 0. The zero-order valence-corrected chi connectivity index (χ0v) is 14.9. The smallest absolute Gasteiger partial charge is 0.219 e. The van der Waals surface area contributed by atoms with Crippen molar-refractivity contribution in [1.82, 2.24) is 4.90 Å². The van der Waals surface area contributed by atoms with Gasteiger partial charge in [-0.3, -0.25) is 4.79 Å². The fourth-order valence-corrected chi connectivity index (χ4v) is 4.43. The normalized spacial score (nSPS) is 22.4. The van der Waals surface area contributed by atoms with E-state index in [9.17, 15) is 14.4 Å². The SMILES string of the molecule is CC(=O)N1CCCCC[C@@H]1C1CCN(c2cccc(F)c2C#N)CC1. The van der Waals surface area contributed by atoms with Crippen molar-refractivity contribution < 1.29 is 9.18 Å². The lowest BCUT2D eigenvalue weighted by molar-refractivity contribution is -0.132. The molecule has 0 bridgehead atoms. The van der Waals surface area contributed by atoms with Crippen molar-refractivity contribution in [1.29, 1.82) is 5.26 Å². The van der Waals surface area contributed by atoms with E-state index in [4.69, 9.17) is 0 Å². The van der Waals surface area contributed by atoms with Gasteiger partial charge in [-0.25, -0.2) is 4.39 Å². The number of nitriles is 1. The van der Waals surface area contributed by atoms with Gasteiger partial charge in [0.15, 0.2) is 0 Å². The number of benzene rings is 1. The molecule has 1 aromatic carbocycles. The summed E-state index contributed by atoms with van der Waals surface area (Å²) < 4.78 is 13.9. The van der Waals surface area contributed by atoms with Gasteiger partial charge < -0.3 is 9.80 Å². The highest BCUT2D eigenvalue weighted by Gasteiger charge is 2.33. The predicted molar refractivity (Wildman–Crippen MR) is 95.7 cm³/mol. The third kappa shape index (κ3) is 3.78. The average Bonchev–Trinajstić information content (AvgIpc) is 2.88. The van der Waals surface area contributed by atoms with Crippen molar-refractivity contribution in [2.24, 2.45) is 5.92 Å². The Morgan fingerprint density at radius 3 is 2.60 bits per heavy atom. The highest BCUT2D eigenvalue weighted by atomic mass is 19.1. The molecule has 134 valence electrons. The lowest BCUT2D eigenvalue weighted by Crippen LogP contribution is -2.47. The van der Waals surface area contributed by atoms with E-state index < -0.39 is 5.82 Å². The highest BCUT2D eigenvalue weighted by molar-refractivity contribution is 5.73. The van der Waals surface area contributed by atoms with Crippen molar-refractivity contribution in [3.8, 4) is 6.07 Å². The van der Waals surface area contributed by atoms with Crippen LogP contribution >= 0.6 is 0 Å². The fourth-order valence-electron chi connectivity index (χ4n) is 4.43. The van der Waals surface area contributed by atoms with E-state index in [1.54, 1.807) is 13.0 Å². The number of hydrogen-bond acceptors (Lipinski definition) is 3. The third-order valence-corrected chi connectivity index (χ3v) is 5.73. The van der Waals surface area contributed by atoms with Gasteiger partial charge in [-0.1, -0.05) is 18.9 Å². The minimum atomic E-state index is -0.450. The van der Waals surface area contributed by atoms with Gasteiger partial charge in [-0.2, -0.15) is 5.26 Å². The molecule has 0 saturated carbocycles. The molecule has 1 amide bonds. The summed E-state index contributed by atoms with van der Waals surface area (Å²) in [5.41, 5.74) is 0.839. The Morgan fingerprint density at radius 2 is 1.92 bits per heavy atom. The van der Waals surface area contributed by atoms with Crippen LogP contribution in [0.4, 0.5) is 10.1 Å². The summed E-state index contributed by atoms with van der Waals surface area (Å²) in [6, 6.07) is 7.17. The summed E-state index contributed by atoms with van der Waals surface area (Å²) in [7, 11) is 0. The highest BCUT2D eigenvalue weighted by Crippen LogP contribution is 2.33. The van der Waals surface area contributed by atoms with Crippen LogP contribution in [0.3, 0.4) is 0 Å². The molecule has 1 aromatic rings. The maximum Gasteiger partial charge on any atom is 0.219 e. The Hall–Kier alpha value is -2.09. The second-order valence-corrected chi connectivity index (χ2v) is 7.20. The van der Waals surface area contributed by atoms with E-state index in [2.05, 4.69) is 9.80 Å². The van der Waals surface area contributed by atoms with Crippen LogP contribution in [0.2, 0.25) is 0 Å². The molecule has 2 aliphatic rings. The Labute approximate surface area is 149 Å². The first-order valence-electron chi connectivity index (χ1n) is 9.32. The molecule has 5 heteroatoms. The lowest BCUT2D eigenvalue weighted by atomic mass is 9.85. The number of halogens is 1. The monoisotopic (exact) mass is 343 g/mol. The van der Waals surface area contributed by atoms with Gasteiger partial charge in [0, 0.05) is 32.6 Å². The van der Waals surface area contributed by atoms with Crippen LogP contribution in [0.1, 0.15) is 51.0 Å². The second kappa shape index (κ2) is 7.86. The molecule has 0 spiro atoms. The summed E-state index contributed by atoms with van der Waals surface area (Å²) >= 11 is 0. The van der Waals surface area contributed by atoms with Gasteiger partial charge in [-0.05, 0) is 43.7 Å². The molecule has 0 radical (unpaired) electrons. The van der Waals surface area contributed by atoms with Crippen molar-refractivity contribution in [2.75, 3.05) is 24.5 Å². The number of anilines is 1. The van der Waals surface area contributed by atoms with Crippen LogP contribution in [0.5, 0.6) is 0 Å². The van der Waals surface area contributed by atoms with Crippen LogP contribution in [0, 0.1) is 23.1 Å². The zero-order valence-electron chi connectivity index (χ0n) is 14.9. The number of carbonyl (C=O) groups excluding carboxylic acids is 1. The minimum Gasteiger partial charge on any atom is -0.370 e. The number of amides is 1. The third-order valence-electron chi connectivity index (χ3n) is 5.73. The summed E-state index contributed by atoms with van der Waals surface area (Å²) in [5, 5.41) is 9.25. The van der Waals surface area contributed by atoms with E-state index in [-0.39, 0.29) is 11.5 Å². The first kappa shape index (κ1) is 17.7. The van der Waals surface area contributed by atoms with Crippen LogP contribution in [-0.4, -0.2) is 36.5 Å². The van der Waals surface area contributed by atoms with Gasteiger partial charge in [0.1, 0.15) is 17.4 Å². The molecule has 0 unspecified atom stereocenters. The van der Waals surface area contributed by atoms with Gasteiger partial charge in [0.05, 0.1) is 5.69 Å². The number of carbonyl (C=O) groups is 1. The van der Waals surface area contributed by atoms with Crippen molar-refractivity contribution in [3.63, 3.8) is 0 Å². The molecule has 0 aromatic heterocycles. The number of nitrogens with zero attached hydrogens (tertiary/aromatic N) is 3. The van der Waals surface area contributed by atoms with Crippen molar-refractivity contribution in [3.05, 3.63) is 29.6 Å². The van der Waals surface area contributed by atoms with Crippen molar-refractivity contribution >= 4 is 11.6 Å². The molecule has 4 nitrogen and oxygen atoms in total. The standard InChI is InChI=1S/C20H26FN3O/c1-15(25)24-11-4-2-3-7-19(24)16-9-12-23(13-10-16)20-8-5-6-18(21)17(20)14-22/h5-6,8,16,19H,2-4,7,9-13H2,1H3/t19-/m1/s1. The predicted octanol–water partition coefficient (Wildman–Crippen LogP) is 3.70. The Balaban J connectivity index is 1.70. The molecule has 3 rings (SSSR count). The quantitative estimate of drug-likeness (QED) is 0.822. The van der Waals surface area contributed by atoms with Gasteiger partial charge in [0.2, 0.25) is 5.91 Å². The molecule has 2 aliphatic heterocycles. The molecule has 2 saturated heterocycles. The van der Waals surface area contributed by atoms with E-state index in [0.717, 1.165) is 45.3 Å². The lowest BCUT2D eigenvalue weighted by Gasteiger charge is -2.41. The topological polar surface area (TPSA) is 47.3 Å². The van der Waals surface area contributed by atoms with Gasteiger partial charge in [0.25, 0.3) is 0 Å². The molecule has 25 heavy (non-hydrogen) atoms. The van der Waals surface area contributed by atoms with E-state index in [1.165, 1.54) is 18.9 Å². The van der Waals surface area contributed by atoms with Crippen LogP contribution in [0.25, 0.3) is 0 Å². The van der Waals surface area contributed by atoms with Crippen LogP contribution in [0.15, 0.2) is 18.2 Å². The van der Waals surface area contributed by atoms with Crippen molar-refractivity contribution in [2.45, 2.75) is 51.5 Å². The molecule has 1 atom stereocenters. The molecule has 2 heterocycles. The molecule has 0 aliphatic carbocycles. The largest absolute Gasteiger partial charge is 0.370 e. The first-order valence-corrected chi connectivity index (χ1v) is 9.32. The summed E-state index contributed by atoms with van der Waals surface area (Å²) in [5.74, 6) is 0.234. The zero-order chi connectivity index (χ0) is 17.8. The summed E-state index contributed by atoms with van der Waals surface area (Å²) in [4.78, 5) is 16.2. The Morgan fingerprint density at radius 1 is 1.16 bits per heavy atom. The maximum absolute atomic E-state index is 13.9. The average molecular weight is 343 g/mol. The molecular weight excluding hydrogens is 317 g/mol. The summed E-state index contributed by atoms with van der Waals surface area (Å²) in [6.45, 7) is 4.18. The second-order valence-electron chi connectivity index (χ2n) is 7.20. The van der Waals surface area contributed by atoms with Crippen LogP contribution in [-0.2, 0) is 4.79 Å². The first-order chi connectivity index (χ1) is 12.1. The van der Waals surface area contributed by atoms with Gasteiger partial charge in [-0.15, -0.1) is 0 Å². The number of rotatable bonds is 2.